The first-order chi connectivity index (χ1) is 12.8. The number of hydrogen-bond acceptors (Lipinski definition) is 1. The number of fused-ring (bicyclic) bond motifs is 2. The summed E-state index contributed by atoms with van der Waals surface area (Å²) in [6.45, 7) is 1.76. The molecule has 2 aliphatic heterocycles. The van der Waals surface area contributed by atoms with Crippen LogP contribution >= 0.6 is 0 Å². The van der Waals surface area contributed by atoms with Crippen molar-refractivity contribution in [2.75, 3.05) is 29.9 Å². The molecule has 0 fully saturated rings. The van der Waals surface area contributed by atoms with Gasteiger partial charge in [0.1, 0.15) is 0 Å². The summed E-state index contributed by atoms with van der Waals surface area (Å²) in [7, 11) is 1.88. The Kier molecular flexibility index (Phi) is 4.61. The molecule has 5 nitrogen and oxygen atoms in total. The smallest absolute Gasteiger partial charge is 0.225 e. The van der Waals surface area contributed by atoms with Crippen LogP contribution < -0.4 is 15.1 Å². The van der Waals surface area contributed by atoms with Gasteiger partial charge in [0, 0.05) is 31.5 Å². The zero-order chi connectivity index (χ0) is 17.9. The van der Waals surface area contributed by atoms with Gasteiger partial charge in [-0.1, -0.05) is 36.4 Å². The van der Waals surface area contributed by atoms with Crippen molar-refractivity contribution in [2.24, 2.45) is 4.99 Å². The molecule has 2 heterocycles. The minimum Gasteiger partial charge on any atom is -0.359 e. The number of guanidine groups is 2. The van der Waals surface area contributed by atoms with E-state index < -0.39 is 0 Å². The second kappa shape index (κ2) is 7.20. The van der Waals surface area contributed by atoms with Gasteiger partial charge in [-0.2, -0.15) is 4.99 Å². The number of para-hydroxylation sites is 2. The molecule has 0 aromatic heterocycles. The lowest BCUT2D eigenvalue weighted by atomic mass is 10.0. The summed E-state index contributed by atoms with van der Waals surface area (Å²) >= 11 is 0. The Bertz CT molecular complexity index is 842. The molecule has 2 N–H and O–H groups in total. The van der Waals surface area contributed by atoms with E-state index in [2.05, 4.69) is 57.7 Å². The van der Waals surface area contributed by atoms with Crippen LogP contribution in [0, 0.1) is 5.41 Å². The van der Waals surface area contributed by atoms with E-state index in [1.807, 2.05) is 18.0 Å². The second-order valence-corrected chi connectivity index (χ2v) is 6.78. The van der Waals surface area contributed by atoms with Crippen molar-refractivity contribution in [1.29, 1.82) is 5.41 Å². The van der Waals surface area contributed by atoms with E-state index in [0.29, 0.717) is 5.96 Å². The molecule has 0 unspecified atom stereocenters. The van der Waals surface area contributed by atoms with Crippen LogP contribution in [0.5, 0.6) is 0 Å². The van der Waals surface area contributed by atoms with E-state index in [0.717, 1.165) is 50.4 Å². The maximum Gasteiger partial charge on any atom is 0.225 e. The number of rotatable bonds is 0. The Morgan fingerprint density at radius 1 is 0.885 bits per heavy atom. The van der Waals surface area contributed by atoms with Gasteiger partial charge in [0.25, 0.3) is 0 Å². The van der Waals surface area contributed by atoms with Crippen molar-refractivity contribution in [2.45, 2.75) is 25.7 Å². The van der Waals surface area contributed by atoms with Gasteiger partial charge in [0.2, 0.25) is 11.9 Å². The lowest BCUT2D eigenvalue weighted by Gasteiger charge is -2.33. The van der Waals surface area contributed by atoms with E-state index in [-0.39, 0.29) is 0 Å². The van der Waals surface area contributed by atoms with Crippen LogP contribution in [0.15, 0.2) is 53.5 Å². The van der Waals surface area contributed by atoms with Gasteiger partial charge in [0.15, 0.2) is 0 Å². The molecule has 0 atom stereocenters. The first-order valence-electron chi connectivity index (χ1n) is 9.34. The van der Waals surface area contributed by atoms with Gasteiger partial charge in [-0.25, -0.2) is 0 Å². The Labute approximate surface area is 154 Å². The monoisotopic (exact) mass is 347 g/mol. The predicted octanol–water partition coefficient (Wildman–Crippen LogP) is 3.40. The summed E-state index contributed by atoms with van der Waals surface area (Å²) in [5.41, 5.74) is 4.95. The Balaban J connectivity index is 1.64. The summed E-state index contributed by atoms with van der Waals surface area (Å²) in [5, 5.41) is 11.8. The number of anilines is 2. The minimum atomic E-state index is 0.296. The summed E-state index contributed by atoms with van der Waals surface area (Å²) in [4.78, 5) is 8.90. The molecule has 2 aromatic rings. The van der Waals surface area contributed by atoms with Crippen molar-refractivity contribution >= 4 is 23.3 Å². The molecule has 4 rings (SSSR count). The molecule has 0 aliphatic carbocycles. The first-order valence-corrected chi connectivity index (χ1v) is 9.34. The standard InChI is InChI=1S/C21H25N5/c1-23-21(26-15-7-11-17-9-3-5-13-19(17)26)24-20(22)25-14-6-10-16-8-2-4-12-18(16)25/h2-5,8-9,12-13H,6-7,10-11,14-15H2,1H3,(H2,22,23,24). The molecule has 0 bridgehead atoms. The van der Waals surface area contributed by atoms with E-state index in [9.17, 15) is 0 Å². The highest BCUT2D eigenvalue weighted by Crippen LogP contribution is 2.28. The van der Waals surface area contributed by atoms with Crippen LogP contribution in [0.25, 0.3) is 0 Å². The average Bonchev–Trinajstić information content (AvgIpc) is 2.71. The molecular formula is C21H25N5. The van der Waals surface area contributed by atoms with Crippen molar-refractivity contribution < 1.29 is 0 Å². The first kappa shape index (κ1) is 16.6. The number of aryl methyl sites for hydroxylation is 2. The lowest BCUT2D eigenvalue weighted by molar-refractivity contribution is 0.763. The van der Waals surface area contributed by atoms with Crippen molar-refractivity contribution in [1.82, 2.24) is 5.32 Å². The van der Waals surface area contributed by atoms with Crippen LogP contribution in [-0.4, -0.2) is 32.1 Å². The zero-order valence-electron chi connectivity index (χ0n) is 15.2. The predicted molar refractivity (Wildman–Crippen MR) is 108 cm³/mol. The van der Waals surface area contributed by atoms with Crippen LogP contribution in [0.3, 0.4) is 0 Å². The minimum absolute atomic E-state index is 0.296. The quantitative estimate of drug-likeness (QED) is 0.567. The number of hydrogen-bond donors (Lipinski definition) is 2. The van der Waals surface area contributed by atoms with E-state index in [1.54, 1.807) is 0 Å². The molecule has 0 amide bonds. The Morgan fingerprint density at radius 3 is 2.04 bits per heavy atom. The van der Waals surface area contributed by atoms with Gasteiger partial charge in [0.05, 0.1) is 0 Å². The molecule has 26 heavy (non-hydrogen) atoms. The van der Waals surface area contributed by atoms with E-state index in [1.165, 1.54) is 16.8 Å². The normalized spacial score (nSPS) is 16.7. The Morgan fingerprint density at radius 2 is 1.42 bits per heavy atom. The second-order valence-electron chi connectivity index (χ2n) is 6.78. The van der Waals surface area contributed by atoms with Gasteiger partial charge >= 0.3 is 0 Å². The molecule has 2 aromatic carbocycles. The maximum atomic E-state index is 8.62. The Hall–Kier alpha value is -2.82. The largest absolute Gasteiger partial charge is 0.359 e. The molecule has 5 heteroatoms. The number of aliphatic imine (C=N–C) groups is 1. The van der Waals surface area contributed by atoms with Crippen molar-refractivity contribution in [3.8, 4) is 0 Å². The summed E-state index contributed by atoms with van der Waals surface area (Å²) in [6.07, 6.45) is 4.32. The van der Waals surface area contributed by atoms with Crippen LogP contribution in [0.2, 0.25) is 0 Å². The third-order valence-electron chi connectivity index (χ3n) is 5.17. The lowest BCUT2D eigenvalue weighted by Crippen LogP contribution is -2.44. The zero-order valence-corrected chi connectivity index (χ0v) is 15.2. The summed E-state index contributed by atoms with van der Waals surface area (Å²) in [5.74, 6) is 1.04. The molecule has 134 valence electrons. The fraction of sp³-hybridized carbons (Fsp3) is 0.333. The van der Waals surface area contributed by atoms with E-state index in [4.69, 9.17) is 5.41 Å². The highest BCUT2D eigenvalue weighted by atomic mass is 15.3. The van der Waals surface area contributed by atoms with Crippen LogP contribution in [0.1, 0.15) is 24.0 Å². The average molecular weight is 347 g/mol. The van der Waals surface area contributed by atoms with Crippen molar-refractivity contribution in [3.05, 3.63) is 59.7 Å². The SMILES string of the molecule is CN/C(=N\C(=N)N1CCCc2ccccc21)N1CCCc2ccccc21. The van der Waals surface area contributed by atoms with Gasteiger partial charge in [-0.3, -0.25) is 5.41 Å². The highest BCUT2D eigenvalue weighted by molar-refractivity contribution is 6.07. The number of nitrogens with one attached hydrogen (secondary N) is 2. The molecule has 0 radical (unpaired) electrons. The molecule has 0 spiro atoms. The van der Waals surface area contributed by atoms with Crippen LogP contribution in [-0.2, 0) is 12.8 Å². The fourth-order valence-corrected chi connectivity index (χ4v) is 3.92. The third kappa shape index (κ3) is 3.05. The molecule has 0 saturated carbocycles. The molecular weight excluding hydrogens is 322 g/mol. The topological polar surface area (TPSA) is 54.7 Å². The molecule has 0 saturated heterocycles. The summed E-state index contributed by atoms with van der Waals surface area (Å²) < 4.78 is 0. The van der Waals surface area contributed by atoms with Gasteiger partial charge in [-0.15, -0.1) is 0 Å². The summed E-state index contributed by atoms with van der Waals surface area (Å²) in [6, 6.07) is 16.8. The van der Waals surface area contributed by atoms with Crippen molar-refractivity contribution in [3.63, 3.8) is 0 Å². The number of benzene rings is 2. The molecule has 2 aliphatic rings. The third-order valence-corrected chi connectivity index (χ3v) is 5.17. The maximum absolute atomic E-state index is 8.62. The highest BCUT2D eigenvalue weighted by Gasteiger charge is 2.23. The van der Waals surface area contributed by atoms with Gasteiger partial charge < -0.3 is 15.1 Å². The number of nitrogens with zero attached hydrogens (tertiary/aromatic N) is 3. The van der Waals surface area contributed by atoms with E-state index >= 15 is 0 Å². The fourth-order valence-electron chi connectivity index (χ4n) is 3.92. The van der Waals surface area contributed by atoms with Gasteiger partial charge in [-0.05, 0) is 48.9 Å². The van der Waals surface area contributed by atoms with Crippen LogP contribution in [0.4, 0.5) is 11.4 Å².